The Bertz CT molecular complexity index is 264. The maximum absolute atomic E-state index is 12.1. The lowest BCUT2D eigenvalue weighted by Crippen LogP contribution is -2.46. The number of amides is 2. The van der Waals surface area contributed by atoms with E-state index in [1.807, 2.05) is 27.7 Å². The van der Waals surface area contributed by atoms with Crippen LogP contribution in [0.5, 0.6) is 0 Å². The lowest BCUT2D eigenvalue weighted by atomic mass is 10.2. The molecule has 17 heavy (non-hydrogen) atoms. The monoisotopic (exact) mass is 244 g/mol. The van der Waals surface area contributed by atoms with Crippen LogP contribution >= 0.6 is 0 Å². The van der Waals surface area contributed by atoms with Gasteiger partial charge in [-0.15, -0.1) is 0 Å². The summed E-state index contributed by atoms with van der Waals surface area (Å²) >= 11 is 0. The second-order valence-electron chi connectivity index (χ2n) is 4.99. The van der Waals surface area contributed by atoms with Crippen LogP contribution in [-0.2, 0) is 4.79 Å². The molecule has 0 aliphatic carbocycles. The number of nitrogens with zero attached hydrogens (tertiary/aromatic N) is 2. The Morgan fingerprint density at radius 1 is 1.18 bits per heavy atom. The Balaban J connectivity index is 4.48. The van der Waals surface area contributed by atoms with Crippen LogP contribution in [0, 0.1) is 5.92 Å². The van der Waals surface area contributed by atoms with Gasteiger partial charge in [-0.25, -0.2) is 4.79 Å². The fourth-order valence-corrected chi connectivity index (χ4v) is 1.64. The zero-order chi connectivity index (χ0) is 13.6. The van der Waals surface area contributed by atoms with Gasteiger partial charge in [-0.2, -0.15) is 0 Å². The van der Waals surface area contributed by atoms with Gasteiger partial charge in [-0.05, 0) is 19.8 Å². The molecule has 0 rings (SSSR count). The number of carboxylic acids is 1. The van der Waals surface area contributed by atoms with Crippen LogP contribution in [0.15, 0.2) is 0 Å². The van der Waals surface area contributed by atoms with Crippen molar-refractivity contribution in [2.45, 2.75) is 40.2 Å². The Labute approximate surface area is 103 Å². The van der Waals surface area contributed by atoms with E-state index in [1.165, 1.54) is 0 Å². The minimum Gasteiger partial charge on any atom is -0.481 e. The minimum atomic E-state index is -0.880. The quantitative estimate of drug-likeness (QED) is 0.776. The van der Waals surface area contributed by atoms with E-state index in [0.717, 1.165) is 0 Å². The van der Waals surface area contributed by atoms with Crippen molar-refractivity contribution < 1.29 is 14.7 Å². The zero-order valence-electron chi connectivity index (χ0n) is 11.4. The first-order valence-electron chi connectivity index (χ1n) is 5.99. The van der Waals surface area contributed by atoms with E-state index in [2.05, 4.69) is 0 Å². The van der Waals surface area contributed by atoms with Crippen LogP contribution in [0.3, 0.4) is 0 Å². The average molecular weight is 244 g/mol. The number of aliphatic carboxylic acids is 1. The third kappa shape index (κ3) is 6.14. The summed E-state index contributed by atoms with van der Waals surface area (Å²) in [6.07, 6.45) is -0.0144. The summed E-state index contributed by atoms with van der Waals surface area (Å²) in [4.78, 5) is 25.9. The molecule has 0 fully saturated rings. The van der Waals surface area contributed by atoms with E-state index in [0.29, 0.717) is 12.5 Å². The molecule has 1 N–H and O–H groups in total. The molecule has 0 radical (unpaired) electrons. The molecular formula is C12H24N2O3. The molecule has 0 saturated carbocycles. The van der Waals surface area contributed by atoms with Gasteiger partial charge in [0.15, 0.2) is 0 Å². The standard InChI is InChI=1S/C12H24N2O3/c1-9(2)8-13(5)12(17)14(10(3)4)7-6-11(15)16/h9-10H,6-8H2,1-5H3,(H,15,16). The minimum absolute atomic E-state index is 0.0106. The van der Waals surface area contributed by atoms with Crippen molar-refractivity contribution in [1.82, 2.24) is 9.80 Å². The summed E-state index contributed by atoms with van der Waals surface area (Å²) in [5, 5.41) is 8.66. The smallest absolute Gasteiger partial charge is 0.319 e. The molecule has 0 saturated heterocycles. The van der Waals surface area contributed by atoms with Crippen LogP contribution in [-0.4, -0.2) is 53.1 Å². The first-order chi connectivity index (χ1) is 7.75. The average Bonchev–Trinajstić information content (AvgIpc) is 2.15. The molecule has 100 valence electrons. The highest BCUT2D eigenvalue weighted by atomic mass is 16.4. The SMILES string of the molecule is CC(C)CN(C)C(=O)N(CCC(=O)O)C(C)C. The Kier molecular flexibility index (Phi) is 6.61. The molecule has 0 aromatic heterocycles. The van der Waals surface area contributed by atoms with Gasteiger partial charge in [0, 0.05) is 26.2 Å². The molecule has 0 heterocycles. The highest BCUT2D eigenvalue weighted by Crippen LogP contribution is 2.06. The molecule has 5 heteroatoms. The van der Waals surface area contributed by atoms with Gasteiger partial charge in [0.2, 0.25) is 0 Å². The van der Waals surface area contributed by atoms with Gasteiger partial charge >= 0.3 is 12.0 Å². The molecule has 0 atom stereocenters. The summed E-state index contributed by atoms with van der Waals surface area (Å²) < 4.78 is 0. The van der Waals surface area contributed by atoms with Crippen LogP contribution in [0.1, 0.15) is 34.1 Å². The van der Waals surface area contributed by atoms with Crippen molar-refractivity contribution >= 4 is 12.0 Å². The first-order valence-corrected chi connectivity index (χ1v) is 5.99. The number of carbonyl (C=O) groups excluding carboxylic acids is 1. The lowest BCUT2D eigenvalue weighted by molar-refractivity contribution is -0.137. The summed E-state index contributed by atoms with van der Waals surface area (Å²) in [7, 11) is 1.75. The predicted octanol–water partition coefficient (Wildman–Crippen LogP) is 1.88. The van der Waals surface area contributed by atoms with Crippen molar-refractivity contribution in [3.05, 3.63) is 0 Å². The fraction of sp³-hybridized carbons (Fsp3) is 0.833. The van der Waals surface area contributed by atoms with Gasteiger partial charge in [0.05, 0.1) is 6.42 Å². The normalized spacial score (nSPS) is 10.8. The van der Waals surface area contributed by atoms with Gasteiger partial charge < -0.3 is 14.9 Å². The van der Waals surface area contributed by atoms with Crippen molar-refractivity contribution in [2.75, 3.05) is 20.1 Å². The molecule has 5 nitrogen and oxygen atoms in total. The van der Waals surface area contributed by atoms with E-state index in [-0.39, 0.29) is 25.0 Å². The Hall–Kier alpha value is -1.26. The molecule has 0 bridgehead atoms. The van der Waals surface area contributed by atoms with E-state index in [1.54, 1.807) is 16.8 Å². The third-order valence-corrected chi connectivity index (χ3v) is 2.40. The van der Waals surface area contributed by atoms with Crippen LogP contribution in [0.25, 0.3) is 0 Å². The molecular weight excluding hydrogens is 220 g/mol. The molecule has 0 aromatic rings. The van der Waals surface area contributed by atoms with E-state index >= 15 is 0 Å². The zero-order valence-corrected chi connectivity index (χ0v) is 11.4. The summed E-state index contributed by atoms with van der Waals surface area (Å²) in [5.74, 6) is -0.479. The topological polar surface area (TPSA) is 60.9 Å². The molecule has 0 aromatic carbocycles. The largest absolute Gasteiger partial charge is 0.481 e. The number of hydrogen-bond acceptors (Lipinski definition) is 2. The number of hydrogen-bond donors (Lipinski definition) is 1. The molecule has 0 aliphatic heterocycles. The van der Waals surface area contributed by atoms with E-state index < -0.39 is 5.97 Å². The van der Waals surface area contributed by atoms with Crippen molar-refractivity contribution in [1.29, 1.82) is 0 Å². The number of carboxylic acid groups (broad SMARTS) is 1. The van der Waals surface area contributed by atoms with Gasteiger partial charge in [0.25, 0.3) is 0 Å². The second-order valence-corrected chi connectivity index (χ2v) is 4.99. The van der Waals surface area contributed by atoms with Crippen LogP contribution < -0.4 is 0 Å². The summed E-state index contributed by atoms with van der Waals surface area (Å²) in [6, 6.07) is -0.0913. The third-order valence-electron chi connectivity index (χ3n) is 2.40. The molecule has 0 aliphatic rings. The maximum atomic E-state index is 12.1. The lowest BCUT2D eigenvalue weighted by Gasteiger charge is -2.31. The number of carbonyl (C=O) groups is 2. The Morgan fingerprint density at radius 3 is 2.06 bits per heavy atom. The summed E-state index contributed by atoms with van der Waals surface area (Å²) in [5.41, 5.74) is 0. The van der Waals surface area contributed by atoms with Gasteiger partial charge in [-0.3, -0.25) is 4.79 Å². The van der Waals surface area contributed by atoms with Crippen molar-refractivity contribution in [3.8, 4) is 0 Å². The highest BCUT2D eigenvalue weighted by Gasteiger charge is 2.21. The Morgan fingerprint density at radius 2 is 1.71 bits per heavy atom. The van der Waals surface area contributed by atoms with Crippen molar-refractivity contribution in [2.24, 2.45) is 5.92 Å². The molecule has 0 unspecified atom stereocenters. The number of rotatable bonds is 6. The van der Waals surface area contributed by atoms with Crippen LogP contribution in [0.4, 0.5) is 4.79 Å². The van der Waals surface area contributed by atoms with Gasteiger partial charge in [0.1, 0.15) is 0 Å². The van der Waals surface area contributed by atoms with E-state index in [9.17, 15) is 9.59 Å². The highest BCUT2D eigenvalue weighted by molar-refractivity contribution is 5.75. The van der Waals surface area contributed by atoms with Gasteiger partial charge in [-0.1, -0.05) is 13.8 Å². The fourth-order valence-electron chi connectivity index (χ4n) is 1.64. The van der Waals surface area contributed by atoms with Crippen molar-refractivity contribution in [3.63, 3.8) is 0 Å². The molecule has 0 spiro atoms. The van der Waals surface area contributed by atoms with Crippen LogP contribution in [0.2, 0.25) is 0 Å². The maximum Gasteiger partial charge on any atom is 0.319 e. The molecule has 2 amide bonds. The summed E-state index contributed by atoms with van der Waals surface area (Å²) in [6.45, 7) is 8.80. The van der Waals surface area contributed by atoms with E-state index in [4.69, 9.17) is 5.11 Å². The predicted molar refractivity (Wildman–Crippen MR) is 67.0 cm³/mol. The second kappa shape index (κ2) is 7.14. The first kappa shape index (κ1) is 15.7. The number of urea groups is 1.